The van der Waals surface area contributed by atoms with Gasteiger partial charge in [0.1, 0.15) is 0 Å². The first-order valence-electron chi connectivity index (χ1n) is 4.13. The first-order valence-corrected chi connectivity index (χ1v) is 5.01. The van der Waals surface area contributed by atoms with Gasteiger partial charge in [0.05, 0.1) is 12.7 Å². The number of hydrogen-bond donors (Lipinski definition) is 1. The van der Waals surface area contributed by atoms with E-state index in [0.29, 0.717) is 12.1 Å². The van der Waals surface area contributed by atoms with E-state index in [1.165, 1.54) is 12.0 Å². The minimum Gasteiger partial charge on any atom is -0.465 e. The van der Waals surface area contributed by atoms with Crippen LogP contribution >= 0.6 is 11.3 Å². The molecule has 1 rings (SSSR count). The average Bonchev–Trinajstić information content (AvgIpc) is 2.62. The van der Waals surface area contributed by atoms with Gasteiger partial charge in [-0.1, -0.05) is 0 Å². The van der Waals surface area contributed by atoms with Gasteiger partial charge in [-0.3, -0.25) is 0 Å². The Morgan fingerprint density at radius 3 is 3.08 bits per heavy atom. The fourth-order valence-corrected chi connectivity index (χ4v) is 1.91. The lowest BCUT2D eigenvalue weighted by Gasteiger charge is -1.93. The van der Waals surface area contributed by atoms with E-state index < -0.39 is 0 Å². The summed E-state index contributed by atoms with van der Waals surface area (Å²) in [5.74, 6) is -0.268. The van der Waals surface area contributed by atoms with Crippen LogP contribution in [0.15, 0.2) is 11.4 Å². The van der Waals surface area contributed by atoms with Crippen LogP contribution in [0.2, 0.25) is 0 Å². The number of aryl methyl sites for hydroxylation is 1. The molecule has 1 aromatic rings. The fraction of sp³-hybridized carbons (Fsp3) is 0.444. The summed E-state index contributed by atoms with van der Waals surface area (Å²) in [5, 5.41) is 1.82. The standard InChI is InChI=1S/C9H13NO2S/c1-12-9(11)7-5-8(13-6-7)3-2-4-10/h5-6H,2-4,10H2,1H3. The molecule has 0 amide bonds. The van der Waals surface area contributed by atoms with Crippen molar-refractivity contribution in [3.63, 3.8) is 0 Å². The number of nitrogens with two attached hydrogens (primary N) is 1. The molecule has 1 aromatic heterocycles. The van der Waals surface area contributed by atoms with Gasteiger partial charge in [0, 0.05) is 10.3 Å². The third-order valence-corrected chi connectivity index (χ3v) is 2.70. The van der Waals surface area contributed by atoms with Crippen molar-refractivity contribution in [3.8, 4) is 0 Å². The molecule has 0 aliphatic heterocycles. The molecule has 0 unspecified atom stereocenters. The lowest BCUT2D eigenvalue weighted by atomic mass is 10.2. The molecule has 1 heterocycles. The van der Waals surface area contributed by atoms with Crippen molar-refractivity contribution in [3.05, 3.63) is 21.9 Å². The number of carbonyl (C=O) groups is 1. The van der Waals surface area contributed by atoms with Gasteiger partial charge < -0.3 is 10.5 Å². The van der Waals surface area contributed by atoms with Crippen molar-refractivity contribution in [1.29, 1.82) is 0 Å². The molecule has 13 heavy (non-hydrogen) atoms. The number of methoxy groups -OCH3 is 1. The van der Waals surface area contributed by atoms with Crippen molar-refractivity contribution < 1.29 is 9.53 Å². The summed E-state index contributed by atoms with van der Waals surface area (Å²) in [6.07, 6.45) is 1.90. The molecule has 3 nitrogen and oxygen atoms in total. The summed E-state index contributed by atoms with van der Waals surface area (Å²) in [7, 11) is 1.39. The van der Waals surface area contributed by atoms with E-state index in [1.54, 1.807) is 11.3 Å². The predicted molar refractivity (Wildman–Crippen MR) is 53.0 cm³/mol. The molecule has 4 heteroatoms. The van der Waals surface area contributed by atoms with E-state index in [4.69, 9.17) is 5.73 Å². The minimum absolute atomic E-state index is 0.268. The second-order valence-electron chi connectivity index (χ2n) is 2.69. The molecule has 2 N–H and O–H groups in total. The SMILES string of the molecule is COC(=O)c1csc(CCCN)c1. The number of rotatable bonds is 4. The third kappa shape index (κ3) is 2.82. The summed E-state index contributed by atoms with van der Waals surface area (Å²) in [5.41, 5.74) is 6.02. The summed E-state index contributed by atoms with van der Waals surface area (Å²) in [6, 6.07) is 1.87. The molecule has 0 aliphatic carbocycles. The topological polar surface area (TPSA) is 52.3 Å². The molecule has 0 atom stereocenters. The lowest BCUT2D eigenvalue weighted by molar-refractivity contribution is 0.0601. The van der Waals surface area contributed by atoms with E-state index in [2.05, 4.69) is 4.74 Å². The van der Waals surface area contributed by atoms with Crippen LogP contribution in [0.3, 0.4) is 0 Å². The Hall–Kier alpha value is -0.870. The van der Waals surface area contributed by atoms with Crippen molar-refractivity contribution >= 4 is 17.3 Å². The maximum absolute atomic E-state index is 11.1. The van der Waals surface area contributed by atoms with Crippen LogP contribution in [0.25, 0.3) is 0 Å². The molecular formula is C9H13NO2S. The highest BCUT2D eigenvalue weighted by Crippen LogP contribution is 2.16. The van der Waals surface area contributed by atoms with Crippen molar-refractivity contribution in [2.45, 2.75) is 12.8 Å². The molecule has 0 spiro atoms. The molecule has 0 aliphatic rings. The predicted octanol–water partition coefficient (Wildman–Crippen LogP) is 1.43. The minimum atomic E-state index is -0.268. The first-order chi connectivity index (χ1) is 6.27. The van der Waals surface area contributed by atoms with Gasteiger partial charge >= 0.3 is 5.97 Å². The van der Waals surface area contributed by atoms with Crippen LogP contribution in [0.1, 0.15) is 21.7 Å². The highest BCUT2D eigenvalue weighted by Gasteiger charge is 2.07. The Bertz CT molecular complexity index is 283. The van der Waals surface area contributed by atoms with Crippen molar-refractivity contribution in [1.82, 2.24) is 0 Å². The zero-order valence-electron chi connectivity index (χ0n) is 7.58. The maximum Gasteiger partial charge on any atom is 0.338 e. The fourth-order valence-electron chi connectivity index (χ4n) is 1.01. The number of hydrogen-bond acceptors (Lipinski definition) is 4. The Kier molecular flexibility index (Phi) is 3.92. The second-order valence-corrected chi connectivity index (χ2v) is 3.68. The Morgan fingerprint density at radius 2 is 2.46 bits per heavy atom. The van der Waals surface area contributed by atoms with Gasteiger partial charge in [0.25, 0.3) is 0 Å². The summed E-state index contributed by atoms with van der Waals surface area (Å²) in [6.45, 7) is 0.686. The van der Waals surface area contributed by atoms with Gasteiger partial charge in [0.15, 0.2) is 0 Å². The summed E-state index contributed by atoms with van der Waals surface area (Å²) in [4.78, 5) is 12.2. The highest BCUT2D eigenvalue weighted by atomic mass is 32.1. The molecule has 0 saturated carbocycles. The third-order valence-electron chi connectivity index (χ3n) is 1.70. The normalized spacial score (nSPS) is 10.0. The summed E-state index contributed by atoms with van der Waals surface area (Å²) < 4.78 is 4.60. The number of thiophene rings is 1. The van der Waals surface area contributed by atoms with Gasteiger partial charge in [-0.2, -0.15) is 0 Å². The molecule has 0 saturated heterocycles. The molecular weight excluding hydrogens is 186 g/mol. The van der Waals surface area contributed by atoms with Crippen molar-refractivity contribution in [2.75, 3.05) is 13.7 Å². The van der Waals surface area contributed by atoms with E-state index in [-0.39, 0.29) is 5.97 Å². The zero-order valence-corrected chi connectivity index (χ0v) is 8.39. The molecule has 0 radical (unpaired) electrons. The van der Waals surface area contributed by atoms with E-state index in [9.17, 15) is 4.79 Å². The van der Waals surface area contributed by atoms with E-state index >= 15 is 0 Å². The van der Waals surface area contributed by atoms with Gasteiger partial charge in [-0.05, 0) is 25.5 Å². The molecule has 0 bridgehead atoms. The lowest BCUT2D eigenvalue weighted by Crippen LogP contribution is -2.00. The molecule has 72 valence electrons. The first kappa shape index (κ1) is 10.2. The van der Waals surface area contributed by atoms with Crippen LogP contribution in [0, 0.1) is 0 Å². The Balaban J connectivity index is 2.58. The second kappa shape index (κ2) is 4.99. The highest BCUT2D eigenvalue weighted by molar-refractivity contribution is 7.10. The van der Waals surface area contributed by atoms with Crippen LogP contribution in [-0.4, -0.2) is 19.6 Å². The van der Waals surface area contributed by atoms with Crippen molar-refractivity contribution in [2.24, 2.45) is 5.73 Å². The maximum atomic E-state index is 11.1. The summed E-state index contributed by atoms with van der Waals surface area (Å²) >= 11 is 1.58. The largest absolute Gasteiger partial charge is 0.465 e. The van der Waals surface area contributed by atoms with Crippen LogP contribution in [-0.2, 0) is 11.2 Å². The Morgan fingerprint density at radius 1 is 1.69 bits per heavy atom. The van der Waals surface area contributed by atoms with Crippen LogP contribution < -0.4 is 5.73 Å². The quantitative estimate of drug-likeness (QED) is 0.746. The number of esters is 1. The number of carbonyl (C=O) groups excluding carboxylic acids is 1. The molecule has 0 aromatic carbocycles. The van der Waals surface area contributed by atoms with Gasteiger partial charge in [0.2, 0.25) is 0 Å². The number of ether oxygens (including phenoxy) is 1. The monoisotopic (exact) mass is 199 g/mol. The smallest absolute Gasteiger partial charge is 0.338 e. The Labute approximate surface area is 81.5 Å². The zero-order chi connectivity index (χ0) is 9.68. The van der Waals surface area contributed by atoms with Crippen LogP contribution in [0.5, 0.6) is 0 Å². The van der Waals surface area contributed by atoms with Crippen LogP contribution in [0.4, 0.5) is 0 Å². The van der Waals surface area contributed by atoms with Gasteiger partial charge in [-0.15, -0.1) is 11.3 Å². The van der Waals surface area contributed by atoms with E-state index in [1.807, 2.05) is 11.4 Å². The average molecular weight is 199 g/mol. The molecule has 0 fully saturated rings. The van der Waals surface area contributed by atoms with E-state index in [0.717, 1.165) is 12.8 Å². The van der Waals surface area contributed by atoms with Gasteiger partial charge in [-0.25, -0.2) is 4.79 Å².